The van der Waals surface area contributed by atoms with Crippen molar-refractivity contribution in [3.63, 3.8) is 0 Å². The minimum absolute atomic E-state index is 0.0911. The Balaban J connectivity index is 2.08. The number of unbranched alkanes of at least 4 members (excludes halogenated alkanes) is 1. The summed E-state index contributed by atoms with van der Waals surface area (Å²) < 4.78 is 23.3. The fraction of sp³-hybridized carbons (Fsp3) is 0.395. The third-order valence-corrected chi connectivity index (χ3v) is 8.22. The molecule has 13 nitrogen and oxygen atoms in total. The maximum Gasteiger partial charge on any atom is 0.338 e. The number of allylic oxidation sites excluding steroid dienone is 1. The van der Waals surface area contributed by atoms with Gasteiger partial charge in [0.2, 0.25) is 0 Å². The summed E-state index contributed by atoms with van der Waals surface area (Å²) in [7, 11) is 2.86. The summed E-state index contributed by atoms with van der Waals surface area (Å²) in [6.07, 6.45) is 3.88. The summed E-state index contributed by atoms with van der Waals surface area (Å²) in [6, 6.07) is 11.7. The molecule has 272 valence electrons. The Kier molecular flexibility index (Phi) is 14.8. The molecule has 0 saturated carbocycles. The van der Waals surface area contributed by atoms with Crippen LogP contribution in [0.25, 0.3) is 0 Å². The number of esters is 2. The number of non-ortho nitro benzene ring substituents is 2. The molecule has 0 amide bonds. The van der Waals surface area contributed by atoms with Crippen molar-refractivity contribution in [2.75, 3.05) is 14.2 Å². The first-order valence-electron chi connectivity index (χ1n) is 16.6. The maximum absolute atomic E-state index is 14.7. The van der Waals surface area contributed by atoms with Gasteiger partial charge in [-0.1, -0.05) is 33.3 Å². The molecule has 0 N–H and O–H groups in total. The number of nitro groups is 2. The van der Waals surface area contributed by atoms with Crippen LogP contribution in [0.3, 0.4) is 0 Å². The highest BCUT2D eigenvalue weighted by atomic mass is 16.6. The SMILES string of the molecule is C=CCCC[C@H](OC(=O)c1ccc([N+](=O)[O-])cc1)[C@@H](CCC)C(=O)c1cc(CC(C)C)c(OC)c(COC(=O)c2ccc([N+](=O)[O-])cc2)c1OC. The monoisotopic (exact) mass is 704 g/mol. The van der Waals surface area contributed by atoms with Crippen molar-refractivity contribution >= 4 is 29.1 Å². The van der Waals surface area contributed by atoms with Crippen molar-refractivity contribution in [2.24, 2.45) is 11.8 Å². The van der Waals surface area contributed by atoms with Crippen molar-refractivity contribution in [2.45, 2.75) is 72.0 Å². The molecule has 3 rings (SSSR count). The lowest BCUT2D eigenvalue weighted by atomic mass is 9.84. The van der Waals surface area contributed by atoms with E-state index < -0.39 is 33.8 Å². The third-order valence-electron chi connectivity index (χ3n) is 8.22. The van der Waals surface area contributed by atoms with Crippen LogP contribution in [-0.4, -0.2) is 47.9 Å². The summed E-state index contributed by atoms with van der Waals surface area (Å²) in [6.45, 7) is 9.36. The van der Waals surface area contributed by atoms with Gasteiger partial charge in [0.05, 0.1) is 52.2 Å². The van der Waals surface area contributed by atoms with Gasteiger partial charge in [-0.2, -0.15) is 0 Å². The largest absolute Gasteiger partial charge is 0.496 e. The fourth-order valence-corrected chi connectivity index (χ4v) is 5.83. The average Bonchev–Trinajstić information content (AvgIpc) is 3.11. The van der Waals surface area contributed by atoms with E-state index in [1.165, 1.54) is 62.8 Å². The molecule has 3 aromatic rings. The quantitative estimate of drug-likeness (QED) is 0.0276. The Bertz CT molecular complexity index is 1720. The normalized spacial score (nSPS) is 12.0. The Morgan fingerprint density at radius 3 is 1.86 bits per heavy atom. The molecule has 0 saturated heterocycles. The van der Waals surface area contributed by atoms with E-state index in [2.05, 4.69) is 6.58 Å². The number of ketones is 1. The lowest BCUT2D eigenvalue weighted by Crippen LogP contribution is -2.33. The van der Waals surface area contributed by atoms with E-state index in [4.69, 9.17) is 18.9 Å². The summed E-state index contributed by atoms with van der Waals surface area (Å²) in [5.41, 5.74) is 1.04. The number of hydrogen-bond acceptors (Lipinski definition) is 11. The van der Waals surface area contributed by atoms with Crippen LogP contribution < -0.4 is 9.47 Å². The van der Waals surface area contributed by atoms with Crippen LogP contribution in [0, 0.1) is 32.1 Å². The van der Waals surface area contributed by atoms with E-state index in [0.717, 1.165) is 0 Å². The minimum Gasteiger partial charge on any atom is -0.496 e. The Labute approximate surface area is 296 Å². The lowest BCUT2D eigenvalue weighted by molar-refractivity contribution is -0.385. The number of methoxy groups -OCH3 is 2. The number of nitro benzene ring substituents is 2. The molecule has 0 radical (unpaired) electrons. The van der Waals surface area contributed by atoms with Gasteiger partial charge < -0.3 is 18.9 Å². The van der Waals surface area contributed by atoms with E-state index >= 15 is 0 Å². The molecule has 0 bridgehead atoms. The average molecular weight is 705 g/mol. The highest BCUT2D eigenvalue weighted by molar-refractivity contribution is 6.02. The molecule has 0 fully saturated rings. The molecule has 51 heavy (non-hydrogen) atoms. The summed E-state index contributed by atoms with van der Waals surface area (Å²) in [5.74, 6) is -1.95. The van der Waals surface area contributed by atoms with E-state index in [0.29, 0.717) is 55.4 Å². The molecular formula is C38H44N2O11. The maximum atomic E-state index is 14.7. The van der Waals surface area contributed by atoms with Crippen molar-refractivity contribution in [3.05, 3.63) is 115 Å². The molecule has 0 aliphatic carbocycles. The first-order valence-corrected chi connectivity index (χ1v) is 16.6. The molecule has 2 atom stereocenters. The van der Waals surface area contributed by atoms with Crippen LogP contribution in [0.1, 0.15) is 95.1 Å². The van der Waals surface area contributed by atoms with E-state index in [1.54, 1.807) is 12.1 Å². The first-order chi connectivity index (χ1) is 24.4. The van der Waals surface area contributed by atoms with Crippen LogP contribution in [0.5, 0.6) is 11.5 Å². The second kappa shape index (κ2) is 19.0. The highest BCUT2D eigenvalue weighted by Crippen LogP contribution is 2.40. The Morgan fingerprint density at radius 2 is 1.39 bits per heavy atom. The third kappa shape index (κ3) is 10.5. The summed E-state index contributed by atoms with van der Waals surface area (Å²) in [5, 5.41) is 22.2. The molecule has 0 unspecified atom stereocenters. The van der Waals surface area contributed by atoms with Gasteiger partial charge in [0, 0.05) is 24.3 Å². The van der Waals surface area contributed by atoms with E-state index in [-0.39, 0.29) is 52.1 Å². The molecule has 0 aliphatic heterocycles. The van der Waals surface area contributed by atoms with Crippen LogP contribution >= 0.6 is 0 Å². The van der Waals surface area contributed by atoms with Gasteiger partial charge in [-0.25, -0.2) is 9.59 Å². The van der Waals surface area contributed by atoms with E-state index in [9.17, 15) is 34.6 Å². The van der Waals surface area contributed by atoms with Crippen molar-refractivity contribution in [1.82, 2.24) is 0 Å². The van der Waals surface area contributed by atoms with Crippen LogP contribution in [0.4, 0.5) is 11.4 Å². The number of carbonyl (C=O) groups is 3. The molecule has 3 aromatic carbocycles. The van der Waals surface area contributed by atoms with Gasteiger partial charge in [0.25, 0.3) is 11.4 Å². The van der Waals surface area contributed by atoms with Gasteiger partial charge in [0.1, 0.15) is 24.2 Å². The molecule has 0 heterocycles. The zero-order valence-corrected chi connectivity index (χ0v) is 29.5. The Hall–Kier alpha value is -5.59. The highest BCUT2D eigenvalue weighted by Gasteiger charge is 2.35. The van der Waals surface area contributed by atoms with Crippen molar-refractivity contribution < 1.29 is 43.2 Å². The van der Waals surface area contributed by atoms with E-state index in [1.807, 2.05) is 20.8 Å². The number of carbonyl (C=O) groups excluding carboxylic acids is 3. The Morgan fingerprint density at radius 1 is 0.843 bits per heavy atom. The molecular weight excluding hydrogens is 660 g/mol. The van der Waals surface area contributed by atoms with Crippen molar-refractivity contribution in [3.8, 4) is 11.5 Å². The molecule has 13 heteroatoms. The topological polar surface area (TPSA) is 174 Å². The van der Waals surface area contributed by atoms with Gasteiger partial charge in [-0.3, -0.25) is 25.0 Å². The molecule has 0 spiro atoms. The van der Waals surface area contributed by atoms with Crippen molar-refractivity contribution in [1.29, 1.82) is 0 Å². The standard InChI is InChI=1S/C38H44N2O11/c1-7-9-10-12-33(51-38(43)26-15-19-29(20-16-26)40(46)47)30(11-8-2)34(41)31-22-27(21-24(3)4)35(48-5)32(36(31)49-6)23-50-37(42)25-13-17-28(18-14-25)39(44)45/h7,13-20,22,24,30,33H,1,8-12,21,23H2,2-6H3/t30-,33+/m1/s1. The summed E-state index contributed by atoms with van der Waals surface area (Å²) in [4.78, 5) is 62.1. The van der Waals surface area contributed by atoms with Crippen LogP contribution in [0.15, 0.2) is 67.3 Å². The predicted molar refractivity (Wildman–Crippen MR) is 189 cm³/mol. The zero-order chi connectivity index (χ0) is 37.7. The number of benzene rings is 3. The van der Waals surface area contributed by atoms with Gasteiger partial charge in [-0.05, 0) is 73.9 Å². The summed E-state index contributed by atoms with van der Waals surface area (Å²) >= 11 is 0. The number of Topliss-reactive ketones (excluding diaryl/α,β-unsaturated/α-hetero) is 1. The second-order valence-corrected chi connectivity index (χ2v) is 12.3. The zero-order valence-electron chi connectivity index (χ0n) is 29.5. The fourth-order valence-electron chi connectivity index (χ4n) is 5.83. The van der Waals surface area contributed by atoms with Gasteiger partial charge in [-0.15, -0.1) is 6.58 Å². The van der Waals surface area contributed by atoms with Crippen LogP contribution in [0.2, 0.25) is 0 Å². The second-order valence-electron chi connectivity index (χ2n) is 12.3. The number of nitrogens with zero attached hydrogens (tertiary/aromatic N) is 2. The van der Waals surface area contributed by atoms with Crippen LogP contribution in [-0.2, 0) is 22.5 Å². The van der Waals surface area contributed by atoms with Gasteiger partial charge >= 0.3 is 11.9 Å². The lowest BCUT2D eigenvalue weighted by Gasteiger charge is -2.28. The minimum atomic E-state index is -0.858. The molecule has 0 aliphatic rings. The predicted octanol–water partition coefficient (Wildman–Crippen LogP) is 8.26. The molecule has 0 aromatic heterocycles. The number of ether oxygens (including phenoxy) is 4. The first kappa shape index (κ1) is 39.8. The smallest absolute Gasteiger partial charge is 0.338 e. The number of hydrogen-bond donors (Lipinski definition) is 0. The van der Waals surface area contributed by atoms with Gasteiger partial charge in [0.15, 0.2) is 5.78 Å². The number of rotatable bonds is 20.